The normalized spacial score (nSPS) is 12.1. The van der Waals surface area contributed by atoms with Crippen molar-refractivity contribution in [2.24, 2.45) is 0 Å². The summed E-state index contributed by atoms with van der Waals surface area (Å²) in [5.74, 6) is 0. The second-order valence-corrected chi connectivity index (χ2v) is 5.86. The van der Waals surface area contributed by atoms with Crippen LogP contribution in [0.4, 0.5) is 4.79 Å². The van der Waals surface area contributed by atoms with Crippen molar-refractivity contribution in [3.63, 3.8) is 0 Å². The molecule has 1 atom stereocenters. The highest BCUT2D eigenvalue weighted by Crippen LogP contribution is 2.22. The van der Waals surface area contributed by atoms with Crippen LogP contribution in [0.15, 0.2) is 41.9 Å². The first-order valence-corrected chi connectivity index (χ1v) is 7.66. The van der Waals surface area contributed by atoms with Gasteiger partial charge in [-0.05, 0) is 37.7 Å². The maximum absolute atomic E-state index is 11.8. The number of amides is 2. The molecule has 0 aromatic carbocycles. The first kappa shape index (κ1) is 15.5. The van der Waals surface area contributed by atoms with Crippen molar-refractivity contribution in [1.29, 1.82) is 0 Å². The Kier molecular flexibility index (Phi) is 5.71. The lowest BCUT2D eigenvalue weighted by Crippen LogP contribution is -2.40. The Hall–Kier alpha value is -1.92. The molecule has 2 aromatic rings. The fourth-order valence-electron chi connectivity index (χ4n) is 1.94. The number of rotatable bonds is 6. The molecule has 2 amide bonds. The molecule has 21 heavy (non-hydrogen) atoms. The Labute approximate surface area is 129 Å². The molecule has 5 nitrogen and oxygen atoms in total. The van der Waals surface area contributed by atoms with Crippen LogP contribution in [0.25, 0.3) is 0 Å². The van der Waals surface area contributed by atoms with E-state index in [1.807, 2.05) is 43.7 Å². The third-order valence-corrected chi connectivity index (χ3v) is 4.08. The lowest BCUT2D eigenvalue weighted by Gasteiger charge is -2.23. The van der Waals surface area contributed by atoms with E-state index in [4.69, 9.17) is 0 Å². The topological polar surface area (TPSA) is 57.3 Å². The van der Waals surface area contributed by atoms with Crippen molar-refractivity contribution in [2.75, 3.05) is 20.6 Å². The maximum Gasteiger partial charge on any atom is 0.315 e. The molecule has 112 valence electrons. The molecule has 0 aliphatic carbocycles. The summed E-state index contributed by atoms with van der Waals surface area (Å²) in [6.45, 7) is 1.000. The summed E-state index contributed by atoms with van der Waals surface area (Å²) in [4.78, 5) is 19.4. The molecule has 0 spiro atoms. The van der Waals surface area contributed by atoms with Gasteiger partial charge in [0.2, 0.25) is 0 Å². The maximum atomic E-state index is 11.8. The summed E-state index contributed by atoms with van der Waals surface area (Å²) >= 11 is 1.70. The van der Waals surface area contributed by atoms with E-state index in [1.165, 1.54) is 4.88 Å². The number of hydrogen-bond donors (Lipinski definition) is 2. The van der Waals surface area contributed by atoms with E-state index >= 15 is 0 Å². The standard InChI is InChI=1S/C15H20N4OS/c1-19(2)13(14-7-5-9-21-14)11-18-15(20)17-10-12-6-3-4-8-16-12/h3-9,13H,10-11H2,1-2H3,(H2,17,18,20)/t13-/m1/s1. The van der Waals surface area contributed by atoms with Crippen molar-refractivity contribution in [3.05, 3.63) is 52.5 Å². The number of thiophene rings is 1. The zero-order valence-corrected chi connectivity index (χ0v) is 13.1. The van der Waals surface area contributed by atoms with Crippen LogP contribution in [0.1, 0.15) is 16.6 Å². The lowest BCUT2D eigenvalue weighted by molar-refractivity contribution is 0.233. The minimum absolute atomic E-state index is 0.177. The van der Waals surface area contributed by atoms with E-state index in [0.717, 1.165) is 5.69 Å². The van der Waals surface area contributed by atoms with Gasteiger partial charge in [0.05, 0.1) is 18.3 Å². The molecule has 0 aliphatic heterocycles. The molecule has 0 radical (unpaired) electrons. The van der Waals surface area contributed by atoms with Gasteiger partial charge in [0, 0.05) is 17.6 Å². The molecule has 0 saturated heterocycles. The van der Waals surface area contributed by atoms with Gasteiger partial charge in [-0.1, -0.05) is 12.1 Å². The van der Waals surface area contributed by atoms with E-state index in [2.05, 4.69) is 26.6 Å². The molecule has 0 saturated carbocycles. The molecule has 2 N–H and O–H groups in total. The molecular formula is C15H20N4OS. The Morgan fingerprint density at radius 2 is 2.14 bits per heavy atom. The zero-order valence-electron chi connectivity index (χ0n) is 12.2. The van der Waals surface area contributed by atoms with Crippen LogP contribution in [0.2, 0.25) is 0 Å². The molecule has 2 aromatic heterocycles. The van der Waals surface area contributed by atoms with Crippen LogP contribution in [-0.4, -0.2) is 36.6 Å². The van der Waals surface area contributed by atoms with E-state index in [-0.39, 0.29) is 12.1 Å². The number of aromatic nitrogens is 1. The second kappa shape index (κ2) is 7.75. The van der Waals surface area contributed by atoms with Crippen molar-refractivity contribution in [2.45, 2.75) is 12.6 Å². The number of urea groups is 1. The van der Waals surface area contributed by atoms with Crippen LogP contribution in [0.3, 0.4) is 0 Å². The molecule has 0 bridgehead atoms. The van der Waals surface area contributed by atoms with Gasteiger partial charge in [-0.15, -0.1) is 11.3 Å². The Balaban J connectivity index is 1.80. The fourth-order valence-corrected chi connectivity index (χ4v) is 2.87. The quantitative estimate of drug-likeness (QED) is 0.860. The summed E-state index contributed by atoms with van der Waals surface area (Å²) < 4.78 is 0. The molecular weight excluding hydrogens is 284 g/mol. The fraction of sp³-hybridized carbons (Fsp3) is 0.333. The highest BCUT2D eigenvalue weighted by molar-refractivity contribution is 7.10. The number of nitrogens with zero attached hydrogens (tertiary/aromatic N) is 2. The molecule has 0 unspecified atom stereocenters. The van der Waals surface area contributed by atoms with Gasteiger partial charge >= 0.3 is 6.03 Å². The van der Waals surface area contributed by atoms with Gasteiger partial charge in [-0.3, -0.25) is 4.98 Å². The largest absolute Gasteiger partial charge is 0.336 e. The number of carbonyl (C=O) groups excluding carboxylic acids is 1. The van der Waals surface area contributed by atoms with E-state index in [0.29, 0.717) is 13.1 Å². The second-order valence-electron chi connectivity index (χ2n) is 4.88. The van der Waals surface area contributed by atoms with Gasteiger partial charge in [-0.2, -0.15) is 0 Å². The minimum atomic E-state index is -0.177. The van der Waals surface area contributed by atoms with Crippen LogP contribution in [0.5, 0.6) is 0 Å². The summed E-state index contributed by atoms with van der Waals surface area (Å²) in [5, 5.41) is 7.77. The number of carbonyl (C=O) groups is 1. The molecule has 2 rings (SSSR count). The Morgan fingerprint density at radius 1 is 1.29 bits per heavy atom. The Bertz CT molecular complexity index is 542. The van der Waals surface area contributed by atoms with Gasteiger partial charge in [-0.25, -0.2) is 4.79 Å². The van der Waals surface area contributed by atoms with Gasteiger partial charge in [0.25, 0.3) is 0 Å². The van der Waals surface area contributed by atoms with Gasteiger partial charge < -0.3 is 15.5 Å². The first-order chi connectivity index (χ1) is 10.2. The first-order valence-electron chi connectivity index (χ1n) is 6.78. The molecule has 0 fully saturated rings. The molecule has 0 aliphatic rings. The summed E-state index contributed by atoms with van der Waals surface area (Å²) in [6, 6.07) is 9.76. The van der Waals surface area contributed by atoms with E-state index in [1.54, 1.807) is 17.5 Å². The number of pyridine rings is 1. The van der Waals surface area contributed by atoms with Crippen LogP contribution < -0.4 is 10.6 Å². The Morgan fingerprint density at radius 3 is 2.76 bits per heavy atom. The van der Waals surface area contributed by atoms with Crippen molar-refractivity contribution >= 4 is 17.4 Å². The minimum Gasteiger partial charge on any atom is -0.336 e. The summed E-state index contributed by atoms with van der Waals surface area (Å²) in [7, 11) is 4.02. The molecule has 6 heteroatoms. The lowest BCUT2D eigenvalue weighted by atomic mass is 10.2. The molecule has 2 heterocycles. The van der Waals surface area contributed by atoms with Crippen LogP contribution >= 0.6 is 11.3 Å². The highest BCUT2D eigenvalue weighted by atomic mass is 32.1. The van der Waals surface area contributed by atoms with Crippen molar-refractivity contribution < 1.29 is 4.79 Å². The number of likely N-dealkylation sites (N-methyl/N-ethyl adjacent to an activating group) is 1. The highest BCUT2D eigenvalue weighted by Gasteiger charge is 2.15. The van der Waals surface area contributed by atoms with Gasteiger partial charge in [0.1, 0.15) is 0 Å². The monoisotopic (exact) mass is 304 g/mol. The predicted octanol–water partition coefficient (Wildman–Crippen LogP) is 2.25. The third kappa shape index (κ3) is 4.84. The predicted molar refractivity (Wildman–Crippen MR) is 85.2 cm³/mol. The van der Waals surface area contributed by atoms with Gasteiger partial charge in [0.15, 0.2) is 0 Å². The average molecular weight is 304 g/mol. The van der Waals surface area contributed by atoms with Crippen LogP contribution in [-0.2, 0) is 6.54 Å². The number of nitrogens with one attached hydrogen (secondary N) is 2. The van der Waals surface area contributed by atoms with E-state index < -0.39 is 0 Å². The van der Waals surface area contributed by atoms with Crippen LogP contribution in [0, 0.1) is 0 Å². The summed E-state index contributed by atoms with van der Waals surface area (Å²) in [5.41, 5.74) is 0.843. The summed E-state index contributed by atoms with van der Waals surface area (Å²) in [6.07, 6.45) is 1.72. The average Bonchev–Trinajstić information content (AvgIpc) is 3.00. The smallest absolute Gasteiger partial charge is 0.315 e. The SMILES string of the molecule is CN(C)[C@H](CNC(=O)NCc1ccccn1)c1cccs1. The third-order valence-electron chi connectivity index (χ3n) is 3.11. The van der Waals surface area contributed by atoms with E-state index in [9.17, 15) is 4.79 Å². The number of hydrogen-bond acceptors (Lipinski definition) is 4. The van der Waals surface area contributed by atoms with Crippen molar-refractivity contribution in [1.82, 2.24) is 20.5 Å². The van der Waals surface area contributed by atoms with Crippen molar-refractivity contribution in [3.8, 4) is 0 Å². The zero-order chi connectivity index (χ0) is 15.1.